The second-order valence-corrected chi connectivity index (χ2v) is 21.4. The van der Waals surface area contributed by atoms with Crippen LogP contribution in [0.4, 0.5) is 0 Å². The summed E-state index contributed by atoms with van der Waals surface area (Å²) in [7, 11) is 0. The van der Waals surface area contributed by atoms with Gasteiger partial charge in [0.15, 0.2) is 0 Å². The lowest BCUT2D eigenvalue weighted by molar-refractivity contribution is 0.485. The molecule has 0 radical (unpaired) electrons. The third-order valence-electron chi connectivity index (χ3n) is 13.5. The molecule has 0 spiro atoms. The summed E-state index contributed by atoms with van der Waals surface area (Å²) in [5.74, 6) is 1.88. The number of rotatable bonds is 2. The summed E-state index contributed by atoms with van der Waals surface area (Å²) in [6.45, 7) is 13.9. The van der Waals surface area contributed by atoms with Crippen molar-refractivity contribution in [2.45, 2.75) is 62.2 Å². The van der Waals surface area contributed by atoms with Gasteiger partial charge >= 0.3 is 0 Å². The summed E-state index contributed by atoms with van der Waals surface area (Å²) in [5.41, 5.74) is 13.8. The van der Waals surface area contributed by atoms with Gasteiger partial charge in [-0.3, -0.25) is 0 Å². The second kappa shape index (κ2) is 12.7. The molecule has 62 heavy (non-hydrogen) atoms. The van der Waals surface area contributed by atoms with Crippen LogP contribution in [0, 0.1) is 0 Å². The molecule has 2 aliphatic rings. The van der Waals surface area contributed by atoms with Gasteiger partial charge in [0.1, 0.15) is 11.5 Å². The summed E-state index contributed by atoms with van der Waals surface area (Å²) in [4.78, 5) is 2.57. The highest BCUT2D eigenvalue weighted by Gasteiger charge is 2.41. The minimum atomic E-state index is 0.00678. The van der Waals surface area contributed by atoms with Gasteiger partial charge in [0.25, 0.3) is 6.71 Å². The van der Waals surface area contributed by atoms with E-state index in [2.05, 4.69) is 202 Å². The third kappa shape index (κ3) is 5.02. The van der Waals surface area contributed by atoms with Gasteiger partial charge in [0.2, 0.25) is 0 Å². The molecule has 0 amide bonds. The van der Waals surface area contributed by atoms with Crippen LogP contribution in [0.1, 0.15) is 52.7 Å². The van der Waals surface area contributed by atoms with E-state index in [9.17, 15) is 0 Å². The summed E-state index contributed by atoms with van der Waals surface area (Å²) in [5, 5.41) is 7.69. The summed E-state index contributed by atoms with van der Waals surface area (Å²) < 4.78 is 14.9. The van der Waals surface area contributed by atoms with Gasteiger partial charge in [0, 0.05) is 63.3 Å². The van der Waals surface area contributed by atoms with Crippen molar-refractivity contribution in [3.63, 3.8) is 0 Å². The number of benzene rings is 8. The molecule has 0 fully saturated rings. The van der Waals surface area contributed by atoms with Crippen molar-refractivity contribution in [1.82, 2.24) is 9.13 Å². The molecule has 3 nitrogen and oxygen atoms in total. The smallest absolute Gasteiger partial charge is 0.253 e. The zero-order valence-corrected chi connectivity index (χ0v) is 37.3. The van der Waals surface area contributed by atoms with E-state index in [1.807, 2.05) is 23.1 Å². The summed E-state index contributed by atoms with van der Waals surface area (Å²) in [6, 6.07) is 56.8. The Labute approximate surface area is 369 Å². The lowest BCUT2D eigenvalue weighted by atomic mass is 9.35. The Bertz CT molecular complexity index is 3640. The maximum Gasteiger partial charge on any atom is 0.253 e. The average molecular weight is 835 g/mol. The van der Waals surface area contributed by atoms with Crippen molar-refractivity contribution in [3.05, 3.63) is 163 Å². The van der Waals surface area contributed by atoms with E-state index < -0.39 is 0 Å². The van der Waals surface area contributed by atoms with E-state index in [0.29, 0.717) is 0 Å². The summed E-state index contributed by atoms with van der Waals surface area (Å²) >= 11 is 3.81. The molecule has 0 bridgehead atoms. The van der Waals surface area contributed by atoms with Gasteiger partial charge in [-0.2, -0.15) is 0 Å². The van der Waals surface area contributed by atoms with Gasteiger partial charge < -0.3 is 13.9 Å². The van der Waals surface area contributed by atoms with Crippen LogP contribution in [-0.4, -0.2) is 15.8 Å². The predicted octanol–water partition coefficient (Wildman–Crippen LogP) is 13.9. The predicted molar refractivity (Wildman–Crippen MR) is 267 cm³/mol. The number of fused-ring (bicyclic) bond motifs is 16. The first kappa shape index (κ1) is 36.4. The van der Waals surface area contributed by atoms with E-state index in [0.717, 1.165) is 22.9 Å². The number of aromatic nitrogens is 2. The lowest BCUT2D eigenvalue weighted by Crippen LogP contribution is -2.58. The van der Waals surface area contributed by atoms with Crippen LogP contribution in [0.25, 0.3) is 75.2 Å². The SMILES string of the molecule is CC(C)(C)c1ccc2c(c1)B1c3cc(C(C)(C)C)ccc3Sc3cc(-n4c5ccccc5c5c6c(c7ccccc7n6-c6ccccc6)c6sc7ccccc7c6c54)cc(c31)O2. The fourth-order valence-electron chi connectivity index (χ4n) is 10.5. The third-order valence-corrected chi connectivity index (χ3v) is 15.8. The topological polar surface area (TPSA) is 19.1 Å². The van der Waals surface area contributed by atoms with Crippen LogP contribution in [0.2, 0.25) is 0 Å². The number of hydrogen-bond acceptors (Lipinski definition) is 3. The van der Waals surface area contributed by atoms with E-state index >= 15 is 0 Å². The van der Waals surface area contributed by atoms with Crippen LogP contribution in [-0.2, 0) is 10.8 Å². The Morgan fingerprint density at radius 3 is 1.77 bits per heavy atom. The lowest BCUT2D eigenvalue weighted by Gasteiger charge is -2.35. The molecular weight excluding hydrogens is 792 g/mol. The first-order chi connectivity index (χ1) is 30.0. The average Bonchev–Trinajstić information content (AvgIpc) is 3.93. The molecule has 11 aromatic rings. The number of thiophene rings is 1. The molecule has 2 aliphatic heterocycles. The molecule has 5 heterocycles. The van der Waals surface area contributed by atoms with Gasteiger partial charge in [-0.1, -0.05) is 156 Å². The quantitative estimate of drug-likeness (QED) is 0.162. The fourth-order valence-corrected chi connectivity index (χ4v) is 13.0. The normalized spacial score (nSPS) is 13.7. The van der Waals surface area contributed by atoms with E-state index in [-0.39, 0.29) is 17.5 Å². The Kier molecular flexibility index (Phi) is 7.46. The molecular formula is C56H43BN2OS2. The van der Waals surface area contributed by atoms with Crippen molar-refractivity contribution in [1.29, 1.82) is 0 Å². The van der Waals surface area contributed by atoms with Crippen LogP contribution >= 0.6 is 23.1 Å². The molecule has 3 aromatic heterocycles. The van der Waals surface area contributed by atoms with Gasteiger partial charge in [-0.05, 0) is 81.4 Å². The molecule has 8 aromatic carbocycles. The minimum absolute atomic E-state index is 0.00678. The highest BCUT2D eigenvalue weighted by atomic mass is 32.2. The standard InChI is InChI=1S/C56H43BN2OS2/c1-55(2,3)32-24-26-43-39(28-32)57-40-29-33(56(4,5)6)25-27-46(40)61-47-31-35(30-44(60-43)51(47)57)59-41-21-13-10-18-36(41)48-52-49(54-50(53(48)59)38-20-12-15-23-45(38)62-54)37-19-11-14-22-42(37)58(52)34-16-8-7-9-17-34/h7-31H,1-6H3. The molecule has 0 saturated carbocycles. The van der Waals surface area contributed by atoms with Crippen molar-refractivity contribution >= 4 is 110 Å². The molecule has 0 saturated heterocycles. The number of ether oxygens (including phenoxy) is 1. The second-order valence-electron chi connectivity index (χ2n) is 19.3. The largest absolute Gasteiger partial charge is 0.458 e. The van der Waals surface area contributed by atoms with Crippen LogP contribution in [0.5, 0.6) is 11.5 Å². The maximum absolute atomic E-state index is 7.17. The first-order valence-electron chi connectivity index (χ1n) is 21.7. The van der Waals surface area contributed by atoms with E-state index in [4.69, 9.17) is 4.74 Å². The number of para-hydroxylation sites is 3. The molecule has 0 unspecified atom stereocenters. The van der Waals surface area contributed by atoms with Crippen LogP contribution in [0.3, 0.4) is 0 Å². The zero-order chi connectivity index (χ0) is 41.8. The molecule has 13 rings (SSSR count). The Morgan fingerprint density at radius 2 is 1.06 bits per heavy atom. The Balaban J connectivity index is 1.17. The van der Waals surface area contributed by atoms with Gasteiger partial charge in [-0.15, -0.1) is 11.3 Å². The molecule has 298 valence electrons. The highest BCUT2D eigenvalue weighted by molar-refractivity contribution is 8.00. The molecule has 6 heteroatoms. The zero-order valence-electron chi connectivity index (χ0n) is 35.6. The van der Waals surface area contributed by atoms with Crippen molar-refractivity contribution in [2.75, 3.05) is 0 Å². The van der Waals surface area contributed by atoms with Crippen molar-refractivity contribution in [3.8, 4) is 22.9 Å². The fraction of sp³-hybridized carbons (Fsp3) is 0.143. The van der Waals surface area contributed by atoms with E-state index in [1.165, 1.54) is 101 Å². The van der Waals surface area contributed by atoms with Crippen molar-refractivity contribution in [2.24, 2.45) is 0 Å². The first-order valence-corrected chi connectivity index (χ1v) is 23.3. The summed E-state index contributed by atoms with van der Waals surface area (Å²) in [6.07, 6.45) is 0. The maximum atomic E-state index is 7.17. The number of nitrogens with zero attached hydrogens (tertiary/aromatic N) is 2. The van der Waals surface area contributed by atoms with Gasteiger partial charge in [-0.25, -0.2) is 0 Å². The molecule has 0 aliphatic carbocycles. The highest BCUT2D eigenvalue weighted by Crippen LogP contribution is 2.52. The Hall–Kier alpha value is -6.21. The molecule has 0 N–H and O–H groups in total. The van der Waals surface area contributed by atoms with E-state index in [1.54, 1.807) is 0 Å². The minimum Gasteiger partial charge on any atom is -0.458 e. The van der Waals surface area contributed by atoms with Crippen molar-refractivity contribution < 1.29 is 4.74 Å². The van der Waals surface area contributed by atoms with Crippen LogP contribution < -0.4 is 21.1 Å². The number of hydrogen-bond donors (Lipinski definition) is 0. The van der Waals surface area contributed by atoms with Gasteiger partial charge in [0.05, 0.1) is 27.8 Å². The molecule has 0 atom stereocenters. The monoisotopic (exact) mass is 834 g/mol. The Morgan fingerprint density at radius 1 is 0.484 bits per heavy atom. The van der Waals surface area contributed by atoms with Crippen LogP contribution in [0.15, 0.2) is 161 Å².